The van der Waals surface area contributed by atoms with Gasteiger partial charge in [0.2, 0.25) is 0 Å². The molecule has 0 saturated heterocycles. The molecule has 3 unspecified atom stereocenters. The average molecular weight is 274 g/mol. The van der Waals surface area contributed by atoms with E-state index in [1.807, 2.05) is 0 Å². The zero-order chi connectivity index (χ0) is 14.5. The van der Waals surface area contributed by atoms with E-state index < -0.39 is 0 Å². The number of nitrogens with zero attached hydrogens (tertiary/aromatic N) is 1. The second kappa shape index (κ2) is 7.24. The number of hydrogen-bond acceptors (Lipinski definition) is 2. The average Bonchev–Trinajstić information content (AvgIpc) is 3.10. The SMILES string of the molecule is CC(C)CNCC(c1ccccc1)N(C)CC1CC1C. The van der Waals surface area contributed by atoms with Gasteiger partial charge in [-0.25, -0.2) is 0 Å². The minimum atomic E-state index is 0.489. The maximum absolute atomic E-state index is 3.63. The largest absolute Gasteiger partial charge is 0.315 e. The summed E-state index contributed by atoms with van der Waals surface area (Å²) in [5.74, 6) is 2.55. The Morgan fingerprint density at radius 3 is 2.40 bits per heavy atom. The number of benzene rings is 1. The van der Waals surface area contributed by atoms with Crippen LogP contribution in [0.25, 0.3) is 0 Å². The van der Waals surface area contributed by atoms with E-state index in [0.29, 0.717) is 12.0 Å². The molecule has 0 aliphatic heterocycles. The Balaban J connectivity index is 1.95. The van der Waals surface area contributed by atoms with Crippen molar-refractivity contribution in [3.8, 4) is 0 Å². The van der Waals surface area contributed by atoms with Crippen LogP contribution in [-0.4, -0.2) is 31.6 Å². The van der Waals surface area contributed by atoms with Crippen LogP contribution >= 0.6 is 0 Å². The summed E-state index contributed by atoms with van der Waals surface area (Å²) in [4.78, 5) is 2.54. The quantitative estimate of drug-likeness (QED) is 0.780. The van der Waals surface area contributed by atoms with Crippen molar-refractivity contribution in [2.45, 2.75) is 33.2 Å². The van der Waals surface area contributed by atoms with Crippen LogP contribution in [0.5, 0.6) is 0 Å². The van der Waals surface area contributed by atoms with Gasteiger partial charge in [-0.2, -0.15) is 0 Å². The number of rotatable bonds is 8. The first kappa shape index (κ1) is 15.5. The second-order valence-corrected chi connectivity index (χ2v) is 6.89. The van der Waals surface area contributed by atoms with Gasteiger partial charge in [-0.05, 0) is 43.3 Å². The summed E-state index contributed by atoms with van der Waals surface area (Å²) in [5, 5.41) is 3.63. The summed E-state index contributed by atoms with van der Waals surface area (Å²) in [6.07, 6.45) is 1.41. The van der Waals surface area contributed by atoms with Crippen LogP contribution in [0.4, 0.5) is 0 Å². The van der Waals surface area contributed by atoms with Crippen molar-refractivity contribution in [3.63, 3.8) is 0 Å². The normalized spacial score (nSPS) is 23.3. The van der Waals surface area contributed by atoms with E-state index in [1.54, 1.807) is 0 Å². The predicted octanol–water partition coefficient (Wildman–Crippen LogP) is 3.56. The Morgan fingerprint density at radius 1 is 1.20 bits per heavy atom. The fraction of sp³-hybridized carbons (Fsp3) is 0.667. The Bertz CT molecular complexity index is 388. The highest BCUT2D eigenvalue weighted by atomic mass is 15.2. The molecule has 1 aromatic rings. The summed E-state index contributed by atoms with van der Waals surface area (Å²) >= 11 is 0. The van der Waals surface area contributed by atoms with Crippen molar-refractivity contribution < 1.29 is 0 Å². The molecular formula is C18H30N2. The molecule has 1 saturated carbocycles. The van der Waals surface area contributed by atoms with Crippen molar-refractivity contribution in [2.24, 2.45) is 17.8 Å². The van der Waals surface area contributed by atoms with Gasteiger partial charge >= 0.3 is 0 Å². The van der Waals surface area contributed by atoms with Gasteiger partial charge in [-0.1, -0.05) is 51.1 Å². The zero-order valence-corrected chi connectivity index (χ0v) is 13.5. The van der Waals surface area contributed by atoms with E-state index in [-0.39, 0.29) is 0 Å². The summed E-state index contributed by atoms with van der Waals surface area (Å²) in [7, 11) is 2.28. The molecule has 0 radical (unpaired) electrons. The van der Waals surface area contributed by atoms with E-state index >= 15 is 0 Å². The van der Waals surface area contributed by atoms with Crippen LogP contribution in [0.3, 0.4) is 0 Å². The Hall–Kier alpha value is -0.860. The van der Waals surface area contributed by atoms with Gasteiger partial charge < -0.3 is 5.32 Å². The van der Waals surface area contributed by atoms with Gasteiger partial charge in [0, 0.05) is 19.1 Å². The molecule has 1 N–H and O–H groups in total. The van der Waals surface area contributed by atoms with Gasteiger partial charge in [-0.15, -0.1) is 0 Å². The van der Waals surface area contributed by atoms with Gasteiger partial charge in [0.25, 0.3) is 0 Å². The molecule has 0 spiro atoms. The molecule has 3 atom stereocenters. The van der Waals surface area contributed by atoms with Crippen molar-refractivity contribution in [3.05, 3.63) is 35.9 Å². The van der Waals surface area contributed by atoms with Crippen LogP contribution in [0.2, 0.25) is 0 Å². The predicted molar refractivity (Wildman–Crippen MR) is 86.8 cm³/mol. The summed E-state index contributed by atoms with van der Waals surface area (Å²) < 4.78 is 0. The first-order valence-electron chi connectivity index (χ1n) is 8.03. The van der Waals surface area contributed by atoms with Gasteiger partial charge in [0.05, 0.1) is 0 Å². The lowest BCUT2D eigenvalue weighted by Gasteiger charge is -2.29. The van der Waals surface area contributed by atoms with Crippen LogP contribution in [-0.2, 0) is 0 Å². The van der Waals surface area contributed by atoms with Crippen LogP contribution in [0, 0.1) is 17.8 Å². The molecule has 2 heteroatoms. The zero-order valence-electron chi connectivity index (χ0n) is 13.5. The van der Waals surface area contributed by atoms with E-state index in [2.05, 4.69) is 68.4 Å². The maximum Gasteiger partial charge on any atom is 0.0469 e. The van der Waals surface area contributed by atoms with Crippen LogP contribution in [0.1, 0.15) is 38.8 Å². The molecule has 1 aliphatic rings. The van der Waals surface area contributed by atoms with Crippen LogP contribution in [0.15, 0.2) is 30.3 Å². The molecule has 2 nitrogen and oxygen atoms in total. The summed E-state index contributed by atoms with van der Waals surface area (Å²) in [5.41, 5.74) is 1.43. The monoisotopic (exact) mass is 274 g/mol. The lowest BCUT2D eigenvalue weighted by molar-refractivity contribution is 0.224. The molecule has 1 aliphatic carbocycles. The Morgan fingerprint density at radius 2 is 1.85 bits per heavy atom. The van der Waals surface area contributed by atoms with Crippen molar-refractivity contribution in [2.75, 3.05) is 26.7 Å². The van der Waals surface area contributed by atoms with Crippen LogP contribution < -0.4 is 5.32 Å². The fourth-order valence-electron chi connectivity index (χ4n) is 2.86. The number of nitrogens with one attached hydrogen (secondary N) is 1. The highest BCUT2D eigenvalue weighted by Crippen LogP contribution is 2.39. The minimum absolute atomic E-state index is 0.489. The molecule has 0 bridgehead atoms. The Labute approximate surface area is 124 Å². The molecule has 1 aromatic carbocycles. The molecule has 0 heterocycles. The lowest BCUT2D eigenvalue weighted by Crippen LogP contribution is -2.36. The topological polar surface area (TPSA) is 15.3 Å². The van der Waals surface area contributed by atoms with Gasteiger partial charge in [0.15, 0.2) is 0 Å². The van der Waals surface area contributed by atoms with E-state index in [1.165, 1.54) is 18.5 Å². The van der Waals surface area contributed by atoms with Gasteiger partial charge in [0.1, 0.15) is 0 Å². The molecule has 0 amide bonds. The standard InChI is InChI=1S/C18H30N2/c1-14(2)11-19-12-18(16-8-6-5-7-9-16)20(4)13-17-10-15(17)3/h5-9,14-15,17-19H,10-13H2,1-4H3. The third-order valence-corrected chi connectivity index (χ3v) is 4.41. The fourth-order valence-corrected chi connectivity index (χ4v) is 2.86. The second-order valence-electron chi connectivity index (χ2n) is 6.89. The number of likely N-dealkylation sites (N-methyl/N-ethyl adjacent to an activating group) is 1. The first-order chi connectivity index (χ1) is 9.58. The molecule has 0 aromatic heterocycles. The summed E-state index contributed by atoms with van der Waals surface area (Å²) in [6.45, 7) is 10.3. The molecule has 2 rings (SSSR count). The molecular weight excluding hydrogens is 244 g/mol. The highest BCUT2D eigenvalue weighted by Gasteiger charge is 2.34. The first-order valence-corrected chi connectivity index (χ1v) is 8.03. The van der Waals surface area contributed by atoms with Crippen molar-refractivity contribution >= 4 is 0 Å². The third-order valence-electron chi connectivity index (χ3n) is 4.41. The molecule has 20 heavy (non-hydrogen) atoms. The highest BCUT2D eigenvalue weighted by molar-refractivity contribution is 5.19. The van der Waals surface area contributed by atoms with Gasteiger partial charge in [-0.3, -0.25) is 4.90 Å². The van der Waals surface area contributed by atoms with E-state index in [4.69, 9.17) is 0 Å². The smallest absolute Gasteiger partial charge is 0.0469 e. The third kappa shape index (κ3) is 4.60. The van der Waals surface area contributed by atoms with E-state index in [9.17, 15) is 0 Å². The maximum atomic E-state index is 3.63. The van der Waals surface area contributed by atoms with E-state index in [0.717, 1.165) is 24.9 Å². The number of hydrogen-bond donors (Lipinski definition) is 1. The van der Waals surface area contributed by atoms with Crippen molar-refractivity contribution in [1.29, 1.82) is 0 Å². The molecule has 112 valence electrons. The minimum Gasteiger partial charge on any atom is -0.315 e. The Kier molecular flexibility index (Phi) is 5.62. The molecule has 1 fully saturated rings. The lowest BCUT2D eigenvalue weighted by atomic mass is 10.0. The summed E-state index contributed by atoms with van der Waals surface area (Å²) in [6, 6.07) is 11.4. The van der Waals surface area contributed by atoms with Crippen molar-refractivity contribution in [1.82, 2.24) is 10.2 Å².